The van der Waals surface area contributed by atoms with E-state index in [-0.39, 0.29) is 6.10 Å². The van der Waals surface area contributed by atoms with Crippen LogP contribution < -0.4 is 0 Å². The summed E-state index contributed by atoms with van der Waals surface area (Å²) in [5.41, 5.74) is 6.05. The summed E-state index contributed by atoms with van der Waals surface area (Å²) >= 11 is 0. The van der Waals surface area contributed by atoms with E-state index in [4.69, 9.17) is 9.72 Å². The van der Waals surface area contributed by atoms with Crippen LogP contribution in [0.25, 0.3) is 22.0 Å². The molecule has 0 spiro atoms. The Balaban J connectivity index is 2.23. The largest absolute Gasteiger partial charge is 0.374 e. The van der Waals surface area contributed by atoms with Crippen molar-refractivity contribution in [3.05, 3.63) is 65.4 Å². The molecule has 2 nitrogen and oxygen atoms in total. The Morgan fingerprint density at radius 2 is 1.60 bits per heavy atom. The van der Waals surface area contributed by atoms with Crippen molar-refractivity contribution in [1.29, 1.82) is 0 Å². The molecule has 0 saturated heterocycles. The minimum atomic E-state index is 0.111. The molecule has 3 aromatic rings. The van der Waals surface area contributed by atoms with E-state index in [0.717, 1.165) is 25.1 Å². The average Bonchev–Trinajstić information content (AvgIpc) is 2.61. The third-order valence-corrected chi connectivity index (χ3v) is 4.81. The first-order chi connectivity index (χ1) is 12.2. The lowest BCUT2D eigenvalue weighted by molar-refractivity contribution is 0.0565. The lowest BCUT2D eigenvalue weighted by Crippen LogP contribution is -2.06. The van der Waals surface area contributed by atoms with Crippen molar-refractivity contribution >= 4 is 10.8 Å². The first kappa shape index (κ1) is 17.6. The number of rotatable bonds is 6. The summed E-state index contributed by atoms with van der Waals surface area (Å²) in [6.07, 6.45) is 4.25. The number of pyridine rings is 1. The Bertz CT molecular complexity index is 843. The van der Waals surface area contributed by atoms with Crippen molar-refractivity contribution in [1.82, 2.24) is 4.98 Å². The molecule has 2 heteroatoms. The Morgan fingerprint density at radius 3 is 2.24 bits per heavy atom. The summed E-state index contributed by atoms with van der Waals surface area (Å²) < 4.78 is 6.03. The Hall–Kier alpha value is -2.19. The molecule has 1 atom stereocenters. The summed E-state index contributed by atoms with van der Waals surface area (Å²) in [7, 11) is 0. The highest BCUT2D eigenvalue weighted by atomic mass is 16.5. The van der Waals surface area contributed by atoms with Crippen LogP contribution in [0.15, 0.2) is 48.7 Å². The van der Waals surface area contributed by atoms with Crippen LogP contribution in [0.5, 0.6) is 0 Å². The number of fused-ring (bicyclic) bond motifs is 1. The van der Waals surface area contributed by atoms with Gasteiger partial charge in [-0.1, -0.05) is 55.8 Å². The molecular weight excluding hydrogens is 306 g/mol. The second-order valence-electron chi connectivity index (χ2n) is 6.61. The van der Waals surface area contributed by atoms with Gasteiger partial charge in [0.15, 0.2) is 0 Å². The molecule has 0 radical (unpaired) electrons. The van der Waals surface area contributed by atoms with Gasteiger partial charge < -0.3 is 4.74 Å². The highest BCUT2D eigenvalue weighted by Gasteiger charge is 2.18. The monoisotopic (exact) mass is 333 g/mol. The van der Waals surface area contributed by atoms with Gasteiger partial charge in [-0.2, -0.15) is 0 Å². The predicted octanol–water partition coefficient (Wildman–Crippen LogP) is 6.40. The molecule has 1 heterocycles. The Kier molecular flexibility index (Phi) is 5.50. The molecule has 0 aliphatic heterocycles. The Morgan fingerprint density at radius 1 is 0.920 bits per heavy atom. The van der Waals surface area contributed by atoms with Crippen molar-refractivity contribution < 1.29 is 4.74 Å². The highest BCUT2D eigenvalue weighted by Crippen LogP contribution is 2.36. The van der Waals surface area contributed by atoms with E-state index in [1.165, 1.54) is 33.0 Å². The fraction of sp³-hybridized carbons (Fsp3) is 0.348. The van der Waals surface area contributed by atoms with E-state index in [0.29, 0.717) is 0 Å². The third-order valence-electron chi connectivity index (χ3n) is 4.81. The number of aromatic nitrogens is 1. The van der Waals surface area contributed by atoms with Gasteiger partial charge in [0.05, 0.1) is 11.8 Å². The fourth-order valence-electron chi connectivity index (χ4n) is 3.65. The highest BCUT2D eigenvalue weighted by molar-refractivity contribution is 5.97. The minimum absolute atomic E-state index is 0.111. The summed E-state index contributed by atoms with van der Waals surface area (Å²) in [6, 6.07) is 15.0. The first-order valence-electron chi connectivity index (χ1n) is 9.23. The number of nitrogens with zero attached hydrogens (tertiary/aromatic N) is 1. The maximum atomic E-state index is 6.03. The second-order valence-corrected chi connectivity index (χ2v) is 6.61. The topological polar surface area (TPSA) is 22.1 Å². The fourth-order valence-corrected chi connectivity index (χ4v) is 3.65. The normalized spacial score (nSPS) is 12.5. The van der Waals surface area contributed by atoms with Gasteiger partial charge in [-0.25, -0.2) is 0 Å². The molecule has 0 aliphatic rings. The molecule has 1 aromatic heterocycles. The van der Waals surface area contributed by atoms with Crippen LogP contribution in [0.3, 0.4) is 0 Å². The van der Waals surface area contributed by atoms with Crippen LogP contribution in [0.2, 0.25) is 0 Å². The number of benzene rings is 2. The predicted molar refractivity (Wildman–Crippen MR) is 106 cm³/mol. The van der Waals surface area contributed by atoms with Gasteiger partial charge >= 0.3 is 0 Å². The van der Waals surface area contributed by atoms with E-state index >= 15 is 0 Å². The second kappa shape index (κ2) is 7.79. The minimum Gasteiger partial charge on any atom is -0.374 e. The molecule has 0 fully saturated rings. The molecule has 1 unspecified atom stereocenters. The molecule has 0 aliphatic carbocycles. The number of hydrogen-bond donors (Lipinski definition) is 0. The van der Waals surface area contributed by atoms with E-state index in [9.17, 15) is 0 Å². The van der Waals surface area contributed by atoms with Crippen LogP contribution >= 0.6 is 0 Å². The summed E-state index contributed by atoms with van der Waals surface area (Å²) in [5, 5.41) is 2.46. The summed E-state index contributed by atoms with van der Waals surface area (Å²) in [6.45, 7) is 9.30. The SMILES string of the molecule is CCCC(OCC)c1cnc(-c2c(C)cccc2C)c2ccccc12. The standard InChI is InChI=1S/C23H27NO/c1-5-10-21(25-6-2)20-15-24-23(19-14-8-7-13-18(19)20)22-16(3)11-9-12-17(22)4/h7-9,11-15,21H,5-6,10H2,1-4H3. The van der Waals surface area contributed by atoms with E-state index in [1.807, 2.05) is 6.20 Å². The zero-order chi connectivity index (χ0) is 17.8. The van der Waals surface area contributed by atoms with Crippen LogP contribution in [0.1, 0.15) is 49.5 Å². The number of aryl methyl sites for hydroxylation is 2. The van der Waals surface area contributed by atoms with Gasteiger partial charge in [-0.3, -0.25) is 4.98 Å². The summed E-state index contributed by atoms with van der Waals surface area (Å²) in [4.78, 5) is 4.90. The molecule has 0 bridgehead atoms. The van der Waals surface area contributed by atoms with Crippen molar-refractivity contribution in [3.8, 4) is 11.3 Å². The zero-order valence-corrected chi connectivity index (χ0v) is 15.7. The van der Waals surface area contributed by atoms with Gasteiger partial charge in [0.25, 0.3) is 0 Å². The van der Waals surface area contributed by atoms with Crippen molar-refractivity contribution in [3.63, 3.8) is 0 Å². The van der Waals surface area contributed by atoms with Gasteiger partial charge in [0, 0.05) is 29.3 Å². The van der Waals surface area contributed by atoms with Gasteiger partial charge in [0.2, 0.25) is 0 Å². The lowest BCUT2D eigenvalue weighted by atomic mass is 9.93. The lowest BCUT2D eigenvalue weighted by Gasteiger charge is -2.20. The third kappa shape index (κ3) is 3.45. The molecule has 3 rings (SSSR count). The van der Waals surface area contributed by atoms with E-state index < -0.39 is 0 Å². The van der Waals surface area contributed by atoms with Gasteiger partial charge in [-0.05, 0) is 43.7 Å². The van der Waals surface area contributed by atoms with Crippen molar-refractivity contribution in [2.24, 2.45) is 0 Å². The van der Waals surface area contributed by atoms with Crippen LogP contribution in [-0.2, 0) is 4.74 Å². The van der Waals surface area contributed by atoms with E-state index in [1.54, 1.807) is 0 Å². The first-order valence-corrected chi connectivity index (χ1v) is 9.23. The van der Waals surface area contributed by atoms with Crippen LogP contribution in [0, 0.1) is 13.8 Å². The molecule has 25 heavy (non-hydrogen) atoms. The smallest absolute Gasteiger partial charge is 0.0845 e. The van der Waals surface area contributed by atoms with Crippen molar-refractivity contribution in [2.75, 3.05) is 6.61 Å². The zero-order valence-electron chi connectivity index (χ0n) is 15.7. The molecule has 0 N–H and O–H groups in total. The van der Waals surface area contributed by atoms with Gasteiger partial charge in [0.1, 0.15) is 0 Å². The summed E-state index contributed by atoms with van der Waals surface area (Å²) in [5.74, 6) is 0. The molecule has 0 amide bonds. The van der Waals surface area contributed by atoms with Crippen LogP contribution in [0.4, 0.5) is 0 Å². The van der Waals surface area contributed by atoms with Gasteiger partial charge in [-0.15, -0.1) is 0 Å². The van der Waals surface area contributed by atoms with Crippen molar-refractivity contribution in [2.45, 2.75) is 46.6 Å². The molecule has 0 saturated carbocycles. The quantitative estimate of drug-likeness (QED) is 0.521. The van der Waals surface area contributed by atoms with E-state index in [2.05, 4.69) is 70.2 Å². The average molecular weight is 333 g/mol. The molecular formula is C23H27NO. The molecule has 130 valence electrons. The number of hydrogen-bond acceptors (Lipinski definition) is 2. The number of ether oxygens (including phenoxy) is 1. The maximum absolute atomic E-state index is 6.03. The van der Waals surface area contributed by atoms with Crippen LogP contribution in [-0.4, -0.2) is 11.6 Å². The molecule has 2 aromatic carbocycles. The Labute approximate surface area is 150 Å². The maximum Gasteiger partial charge on any atom is 0.0845 e.